The quantitative estimate of drug-likeness (QED) is 0.603. The molecular weight excluding hydrogens is 427 g/mol. The van der Waals surface area contributed by atoms with Crippen LogP contribution in [0, 0.1) is 6.92 Å². The Morgan fingerprint density at radius 1 is 1.28 bits per heavy atom. The van der Waals surface area contributed by atoms with Crippen LogP contribution in [0.25, 0.3) is 11.6 Å². The molecule has 3 aromatic rings. The highest BCUT2D eigenvalue weighted by Crippen LogP contribution is 2.33. The third-order valence-electron chi connectivity index (χ3n) is 5.60. The zero-order valence-electron chi connectivity index (χ0n) is 17.8. The zero-order chi connectivity index (χ0) is 23.0. The van der Waals surface area contributed by atoms with Gasteiger partial charge in [-0.05, 0) is 31.5 Å². The number of hydrogen-bond donors (Lipinski definition) is 0. The topological polar surface area (TPSA) is 86.3 Å². The van der Waals surface area contributed by atoms with Crippen molar-refractivity contribution in [1.29, 1.82) is 0 Å². The summed E-state index contributed by atoms with van der Waals surface area (Å²) in [6, 6.07) is 4.17. The second-order valence-electron chi connectivity index (χ2n) is 7.77. The van der Waals surface area contributed by atoms with Crippen LogP contribution in [0.5, 0.6) is 0 Å². The molecule has 8 nitrogen and oxygen atoms in total. The fourth-order valence-corrected chi connectivity index (χ4v) is 3.81. The Morgan fingerprint density at radius 3 is 2.75 bits per heavy atom. The number of imidazole rings is 1. The van der Waals surface area contributed by atoms with Gasteiger partial charge in [-0.3, -0.25) is 4.79 Å². The highest BCUT2D eigenvalue weighted by Gasteiger charge is 2.34. The van der Waals surface area contributed by atoms with E-state index < -0.39 is 23.8 Å². The first-order valence-corrected chi connectivity index (χ1v) is 10.0. The summed E-state index contributed by atoms with van der Waals surface area (Å²) in [6.45, 7) is 2.18. The average Bonchev–Trinajstić information content (AvgIpc) is 3.38. The Morgan fingerprint density at radius 2 is 2.06 bits per heavy atom. The molecule has 2 aromatic heterocycles. The van der Waals surface area contributed by atoms with E-state index in [1.165, 1.54) is 17.0 Å². The van der Waals surface area contributed by atoms with Crippen molar-refractivity contribution >= 4 is 5.91 Å². The van der Waals surface area contributed by atoms with Crippen molar-refractivity contribution < 1.29 is 27.1 Å². The summed E-state index contributed by atoms with van der Waals surface area (Å²) in [6.07, 6.45) is -2.47. The van der Waals surface area contributed by atoms with Crippen molar-refractivity contribution in [2.24, 2.45) is 7.05 Å². The van der Waals surface area contributed by atoms with Gasteiger partial charge < -0.3 is 18.6 Å². The van der Waals surface area contributed by atoms with Gasteiger partial charge in [0.2, 0.25) is 5.89 Å². The highest BCUT2D eigenvalue weighted by atomic mass is 19.4. The van der Waals surface area contributed by atoms with Gasteiger partial charge in [-0.2, -0.15) is 13.2 Å². The fourth-order valence-electron chi connectivity index (χ4n) is 3.81. The second-order valence-corrected chi connectivity index (χ2v) is 7.77. The number of benzene rings is 1. The van der Waals surface area contributed by atoms with Crippen LogP contribution in [0.15, 0.2) is 35.0 Å². The molecule has 32 heavy (non-hydrogen) atoms. The lowest BCUT2D eigenvalue weighted by molar-refractivity contribution is -0.137. The summed E-state index contributed by atoms with van der Waals surface area (Å²) in [5, 5.41) is 8.20. The minimum atomic E-state index is -4.51. The van der Waals surface area contributed by atoms with Crippen molar-refractivity contribution in [2.75, 3.05) is 13.7 Å². The van der Waals surface area contributed by atoms with Crippen molar-refractivity contribution in [3.8, 4) is 11.6 Å². The summed E-state index contributed by atoms with van der Waals surface area (Å²) in [7, 11) is 3.40. The number of aromatic nitrogens is 4. The first kappa shape index (κ1) is 22.0. The van der Waals surface area contributed by atoms with Gasteiger partial charge in [0.1, 0.15) is 11.8 Å². The molecule has 0 aliphatic carbocycles. The van der Waals surface area contributed by atoms with Crippen LogP contribution < -0.4 is 0 Å². The Labute approximate surface area is 182 Å². The van der Waals surface area contributed by atoms with Gasteiger partial charge in [0, 0.05) is 38.7 Å². The molecule has 4 rings (SSSR count). The fraction of sp³-hybridized carbons (Fsp3) is 0.429. The summed E-state index contributed by atoms with van der Waals surface area (Å²) >= 11 is 0. The number of nitrogens with zero attached hydrogens (tertiary/aromatic N) is 5. The van der Waals surface area contributed by atoms with E-state index in [2.05, 4.69) is 15.2 Å². The number of amides is 1. The number of aryl methyl sites for hydroxylation is 2. The average molecular weight is 449 g/mol. The van der Waals surface area contributed by atoms with Gasteiger partial charge in [0.05, 0.1) is 17.6 Å². The van der Waals surface area contributed by atoms with Crippen LogP contribution in [0.3, 0.4) is 0 Å². The third-order valence-corrected chi connectivity index (χ3v) is 5.60. The third kappa shape index (κ3) is 4.24. The normalized spacial score (nSPS) is 19.2. The smallest absolute Gasteiger partial charge is 0.416 e. The number of alkyl halides is 3. The predicted molar refractivity (Wildman–Crippen MR) is 106 cm³/mol. The summed E-state index contributed by atoms with van der Waals surface area (Å²) in [5.41, 5.74) is 0.576. The van der Waals surface area contributed by atoms with E-state index in [4.69, 9.17) is 9.15 Å². The van der Waals surface area contributed by atoms with E-state index in [0.29, 0.717) is 31.0 Å². The van der Waals surface area contributed by atoms with E-state index in [-0.39, 0.29) is 17.5 Å². The second kappa shape index (κ2) is 8.38. The molecule has 1 fully saturated rings. The number of carbonyl (C=O) groups is 1. The maximum atomic E-state index is 13.0. The van der Waals surface area contributed by atoms with Crippen LogP contribution in [0.4, 0.5) is 13.2 Å². The van der Waals surface area contributed by atoms with Crippen LogP contribution in [-0.2, 0) is 18.0 Å². The molecule has 0 saturated carbocycles. The standard InChI is InChI=1S/C21H22F3N5O3/c1-12-17(28(2)11-25-12)19-27-26-18(32-19)16-10-15(7-8-31-16)29(3)20(30)13-5-4-6-14(9-13)21(22,23)24/h4-6,9,11,15-16H,7-8,10H2,1-3H3/t15-,16+/m1/s1. The van der Waals surface area contributed by atoms with E-state index in [1.807, 2.05) is 14.0 Å². The largest absolute Gasteiger partial charge is 0.416 e. The van der Waals surface area contributed by atoms with E-state index in [0.717, 1.165) is 17.8 Å². The van der Waals surface area contributed by atoms with Gasteiger partial charge in [-0.15, -0.1) is 10.2 Å². The molecule has 0 spiro atoms. The molecule has 1 aliphatic rings. The molecule has 1 saturated heterocycles. The van der Waals surface area contributed by atoms with Crippen LogP contribution in [-0.4, -0.2) is 50.3 Å². The minimum absolute atomic E-state index is 0.0165. The van der Waals surface area contributed by atoms with E-state index in [1.54, 1.807) is 17.9 Å². The molecular formula is C21H22F3N5O3. The highest BCUT2D eigenvalue weighted by molar-refractivity contribution is 5.94. The van der Waals surface area contributed by atoms with Gasteiger partial charge in [0.25, 0.3) is 11.8 Å². The molecule has 1 aliphatic heterocycles. The van der Waals surface area contributed by atoms with Crippen molar-refractivity contribution in [2.45, 2.75) is 38.1 Å². The molecule has 1 amide bonds. The Hall–Kier alpha value is -3.21. The van der Waals surface area contributed by atoms with Crippen LogP contribution in [0.1, 0.15) is 46.5 Å². The van der Waals surface area contributed by atoms with Crippen molar-refractivity contribution in [1.82, 2.24) is 24.6 Å². The van der Waals surface area contributed by atoms with Crippen LogP contribution >= 0.6 is 0 Å². The summed E-state index contributed by atoms with van der Waals surface area (Å²) < 4.78 is 52.4. The SMILES string of the molecule is Cc1ncn(C)c1-c1nnc([C@@H]2C[C@H](N(C)C(=O)c3cccc(C(F)(F)F)c3)CCO2)o1. The number of rotatable bonds is 4. The van der Waals surface area contributed by atoms with Gasteiger partial charge in [0.15, 0.2) is 0 Å². The lowest BCUT2D eigenvalue weighted by atomic mass is 10.0. The van der Waals surface area contributed by atoms with Crippen LogP contribution in [0.2, 0.25) is 0 Å². The molecule has 11 heteroatoms. The predicted octanol–water partition coefficient (Wildman–Crippen LogP) is 3.79. The first-order chi connectivity index (χ1) is 15.1. The monoisotopic (exact) mass is 449 g/mol. The molecule has 1 aromatic carbocycles. The molecule has 0 bridgehead atoms. The minimum Gasteiger partial charge on any atom is -0.416 e. The number of halogens is 3. The first-order valence-electron chi connectivity index (χ1n) is 10.0. The lowest BCUT2D eigenvalue weighted by Crippen LogP contribution is -2.41. The van der Waals surface area contributed by atoms with E-state index in [9.17, 15) is 18.0 Å². The molecule has 3 heterocycles. The maximum absolute atomic E-state index is 13.0. The van der Waals surface area contributed by atoms with Gasteiger partial charge >= 0.3 is 6.18 Å². The number of ether oxygens (including phenoxy) is 1. The van der Waals surface area contributed by atoms with Crippen molar-refractivity contribution in [3.63, 3.8) is 0 Å². The zero-order valence-corrected chi connectivity index (χ0v) is 17.8. The van der Waals surface area contributed by atoms with E-state index >= 15 is 0 Å². The Balaban J connectivity index is 1.49. The summed E-state index contributed by atoms with van der Waals surface area (Å²) in [5.74, 6) is 0.111. The van der Waals surface area contributed by atoms with Gasteiger partial charge in [-0.1, -0.05) is 6.07 Å². The summed E-state index contributed by atoms with van der Waals surface area (Å²) in [4.78, 5) is 18.5. The molecule has 0 N–H and O–H groups in total. The van der Waals surface area contributed by atoms with Gasteiger partial charge in [-0.25, -0.2) is 4.98 Å². The molecule has 0 radical (unpaired) electrons. The molecule has 2 atom stereocenters. The number of hydrogen-bond acceptors (Lipinski definition) is 6. The Bertz CT molecular complexity index is 1100. The Kier molecular flexibility index (Phi) is 5.76. The molecule has 170 valence electrons. The number of carbonyl (C=O) groups excluding carboxylic acids is 1. The van der Waals surface area contributed by atoms with Crippen molar-refractivity contribution in [3.05, 3.63) is 53.3 Å². The lowest BCUT2D eigenvalue weighted by Gasteiger charge is -2.34. The molecule has 0 unspecified atom stereocenters. The maximum Gasteiger partial charge on any atom is 0.416 e.